The van der Waals surface area contributed by atoms with Crippen LogP contribution in [0.2, 0.25) is 0 Å². The highest BCUT2D eigenvalue weighted by Gasteiger charge is 2.20. The van der Waals surface area contributed by atoms with E-state index in [1.54, 1.807) is 0 Å². The van der Waals surface area contributed by atoms with Crippen LogP contribution in [0.15, 0.2) is 53.0 Å². The molecule has 4 nitrogen and oxygen atoms in total. The number of carbonyl (C=O) groups is 1. The number of benzene rings is 2. The molecule has 0 saturated carbocycles. The molecular formula is C19H20BrN3OS. The van der Waals surface area contributed by atoms with Gasteiger partial charge in [-0.1, -0.05) is 46.3 Å². The third-order valence-corrected chi connectivity index (χ3v) is 4.91. The Balaban J connectivity index is 1.59. The average molecular weight is 418 g/mol. The molecule has 130 valence electrons. The van der Waals surface area contributed by atoms with Crippen LogP contribution < -0.4 is 10.6 Å². The monoisotopic (exact) mass is 417 g/mol. The van der Waals surface area contributed by atoms with Gasteiger partial charge < -0.3 is 15.5 Å². The molecule has 0 aliphatic carbocycles. The third-order valence-electron chi connectivity index (χ3n) is 4.17. The maximum Gasteiger partial charge on any atom is 0.222 e. The lowest BCUT2D eigenvalue weighted by Gasteiger charge is -2.19. The minimum atomic E-state index is 0.245. The molecular weight excluding hydrogens is 398 g/mol. The first-order valence-electron chi connectivity index (χ1n) is 8.27. The van der Waals surface area contributed by atoms with Gasteiger partial charge in [0.2, 0.25) is 5.91 Å². The standard InChI is InChI=1S/C19H20BrN3OS/c20-16-7-3-8-17(11-16)22-19(25)21-12-14-5-1-2-6-15(14)13-23-10-4-9-18(23)24/h1-3,5-8,11H,4,9-10,12-13H2,(H2,21,22,25). The molecule has 0 bridgehead atoms. The summed E-state index contributed by atoms with van der Waals surface area (Å²) in [6, 6.07) is 16.0. The SMILES string of the molecule is O=C1CCCN1Cc1ccccc1CNC(=S)Nc1cccc(Br)c1. The number of hydrogen-bond donors (Lipinski definition) is 2. The Kier molecular flexibility index (Phi) is 6.04. The first-order chi connectivity index (χ1) is 12.1. The molecule has 1 fully saturated rings. The first-order valence-corrected chi connectivity index (χ1v) is 9.47. The van der Waals surface area contributed by atoms with Crippen LogP contribution in [0.5, 0.6) is 0 Å². The van der Waals surface area contributed by atoms with Gasteiger partial charge in [0.25, 0.3) is 0 Å². The number of hydrogen-bond acceptors (Lipinski definition) is 2. The van der Waals surface area contributed by atoms with E-state index in [2.05, 4.69) is 38.7 Å². The molecule has 1 aliphatic heterocycles. The van der Waals surface area contributed by atoms with Crippen LogP contribution in [0.25, 0.3) is 0 Å². The van der Waals surface area contributed by atoms with Crippen molar-refractivity contribution in [2.75, 3.05) is 11.9 Å². The molecule has 1 heterocycles. The predicted octanol–water partition coefficient (Wildman–Crippen LogP) is 4.06. The highest BCUT2D eigenvalue weighted by molar-refractivity contribution is 9.10. The number of rotatable bonds is 5. The number of nitrogens with one attached hydrogen (secondary N) is 2. The molecule has 0 radical (unpaired) electrons. The Bertz CT molecular complexity index is 781. The van der Waals surface area contributed by atoms with E-state index in [9.17, 15) is 4.79 Å². The van der Waals surface area contributed by atoms with Gasteiger partial charge in [0.15, 0.2) is 5.11 Å². The smallest absolute Gasteiger partial charge is 0.222 e. The molecule has 0 unspecified atom stereocenters. The van der Waals surface area contributed by atoms with Crippen LogP contribution in [0.4, 0.5) is 5.69 Å². The number of carbonyl (C=O) groups excluding carboxylic acids is 1. The summed E-state index contributed by atoms with van der Waals surface area (Å²) in [5.74, 6) is 0.245. The van der Waals surface area contributed by atoms with Crippen molar-refractivity contribution in [1.82, 2.24) is 10.2 Å². The molecule has 1 aliphatic rings. The molecule has 0 atom stereocenters. The van der Waals surface area contributed by atoms with Crippen LogP contribution in [0.3, 0.4) is 0 Å². The zero-order valence-corrected chi connectivity index (χ0v) is 16.2. The van der Waals surface area contributed by atoms with Crippen LogP contribution in [0.1, 0.15) is 24.0 Å². The highest BCUT2D eigenvalue weighted by Crippen LogP contribution is 2.18. The van der Waals surface area contributed by atoms with Gasteiger partial charge in [-0.25, -0.2) is 0 Å². The van der Waals surface area contributed by atoms with Crippen LogP contribution in [-0.4, -0.2) is 22.5 Å². The van der Waals surface area contributed by atoms with Crippen molar-refractivity contribution in [1.29, 1.82) is 0 Å². The minimum absolute atomic E-state index is 0.245. The van der Waals surface area contributed by atoms with Gasteiger partial charge in [0.1, 0.15) is 0 Å². The van der Waals surface area contributed by atoms with Gasteiger partial charge in [0, 0.05) is 36.2 Å². The molecule has 0 spiro atoms. The molecule has 6 heteroatoms. The van der Waals surface area contributed by atoms with Crippen molar-refractivity contribution < 1.29 is 4.79 Å². The Morgan fingerprint density at radius 1 is 1.16 bits per heavy atom. The quantitative estimate of drug-likeness (QED) is 0.719. The van der Waals surface area contributed by atoms with Gasteiger partial charge in [-0.15, -0.1) is 0 Å². The maximum absolute atomic E-state index is 11.9. The number of nitrogens with zero attached hydrogens (tertiary/aromatic N) is 1. The summed E-state index contributed by atoms with van der Waals surface area (Å²) in [6.07, 6.45) is 1.63. The summed E-state index contributed by atoms with van der Waals surface area (Å²) in [4.78, 5) is 13.8. The number of likely N-dealkylation sites (tertiary alicyclic amines) is 1. The van der Waals surface area contributed by atoms with Crippen molar-refractivity contribution in [3.63, 3.8) is 0 Å². The average Bonchev–Trinajstić information content (AvgIpc) is 2.99. The number of halogens is 1. The van der Waals surface area contributed by atoms with Crippen LogP contribution in [-0.2, 0) is 17.9 Å². The van der Waals surface area contributed by atoms with E-state index >= 15 is 0 Å². The Morgan fingerprint density at radius 2 is 1.96 bits per heavy atom. The molecule has 25 heavy (non-hydrogen) atoms. The topological polar surface area (TPSA) is 44.4 Å². The normalized spacial score (nSPS) is 13.8. The fraction of sp³-hybridized carbons (Fsp3) is 0.263. The van der Waals surface area contributed by atoms with Gasteiger partial charge in [-0.3, -0.25) is 4.79 Å². The summed E-state index contributed by atoms with van der Waals surface area (Å²) in [5.41, 5.74) is 3.25. The lowest BCUT2D eigenvalue weighted by Crippen LogP contribution is -2.29. The van der Waals surface area contributed by atoms with Crippen molar-refractivity contribution >= 4 is 44.9 Å². The summed E-state index contributed by atoms with van der Waals surface area (Å²) in [6.45, 7) is 2.14. The largest absolute Gasteiger partial charge is 0.358 e. The summed E-state index contributed by atoms with van der Waals surface area (Å²) in [5, 5.41) is 7.00. The molecule has 1 amide bonds. The van der Waals surface area contributed by atoms with E-state index < -0.39 is 0 Å². The molecule has 1 saturated heterocycles. The molecule has 2 aromatic rings. The Labute approximate surface area is 161 Å². The zero-order valence-electron chi connectivity index (χ0n) is 13.8. The lowest BCUT2D eigenvalue weighted by atomic mass is 10.1. The predicted molar refractivity (Wildman–Crippen MR) is 108 cm³/mol. The fourth-order valence-corrected chi connectivity index (χ4v) is 3.47. The lowest BCUT2D eigenvalue weighted by molar-refractivity contribution is -0.128. The van der Waals surface area contributed by atoms with E-state index in [-0.39, 0.29) is 5.91 Å². The van der Waals surface area contributed by atoms with E-state index in [1.165, 1.54) is 0 Å². The van der Waals surface area contributed by atoms with Crippen molar-refractivity contribution in [3.05, 3.63) is 64.1 Å². The van der Waals surface area contributed by atoms with E-state index in [0.29, 0.717) is 24.6 Å². The number of anilines is 1. The van der Waals surface area contributed by atoms with Crippen LogP contribution >= 0.6 is 28.1 Å². The summed E-state index contributed by atoms with van der Waals surface area (Å²) >= 11 is 8.83. The van der Waals surface area contributed by atoms with Crippen LogP contribution in [0, 0.1) is 0 Å². The second-order valence-corrected chi connectivity index (χ2v) is 7.33. The fourth-order valence-electron chi connectivity index (χ4n) is 2.88. The number of amides is 1. The second kappa shape index (κ2) is 8.45. The van der Waals surface area contributed by atoms with E-state index in [4.69, 9.17) is 12.2 Å². The van der Waals surface area contributed by atoms with Crippen molar-refractivity contribution in [3.8, 4) is 0 Å². The maximum atomic E-state index is 11.9. The number of thiocarbonyl (C=S) groups is 1. The Morgan fingerprint density at radius 3 is 2.68 bits per heavy atom. The molecule has 3 rings (SSSR count). The molecule has 2 N–H and O–H groups in total. The van der Waals surface area contributed by atoms with Gasteiger partial charge in [-0.05, 0) is 48.0 Å². The van der Waals surface area contributed by atoms with E-state index in [1.807, 2.05) is 41.3 Å². The third kappa shape index (κ3) is 5.03. The molecule has 2 aromatic carbocycles. The summed E-state index contributed by atoms with van der Waals surface area (Å²) in [7, 11) is 0. The van der Waals surface area contributed by atoms with Gasteiger partial charge in [0.05, 0.1) is 0 Å². The van der Waals surface area contributed by atoms with Gasteiger partial charge >= 0.3 is 0 Å². The first kappa shape index (κ1) is 17.9. The summed E-state index contributed by atoms with van der Waals surface area (Å²) < 4.78 is 1.00. The highest BCUT2D eigenvalue weighted by atomic mass is 79.9. The minimum Gasteiger partial charge on any atom is -0.358 e. The van der Waals surface area contributed by atoms with E-state index in [0.717, 1.165) is 34.3 Å². The Hall–Kier alpha value is -1.92. The second-order valence-electron chi connectivity index (χ2n) is 6.01. The zero-order chi connectivity index (χ0) is 17.6. The van der Waals surface area contributed by atoms with Gasteiger partial charge in [-0.2, -0.15) is 0 Å². The molecule has 0 aromatic heterocycles. The van der Waals surface area contributed by atoms with Crippen molar-refractivity contribution in [2.45, 2.75) is 25.9 Å². The van der Waals surface area contributed by atoms with Crippen molar-refractivity contribution in [2.24, 2.45) is 0 Å².